The minimum atomic E-state index is -5.32. The lowest BCUT2D eigenvalue weighted by Gasteiger charge is -2.07. The Morgan fingerprint density at radius 2 is 1.53 bits per heavy atom. The van der Waals surface area contributed by atoms with Crippen LogP contribution >= 0.6 is 0 Å². The number of hydrogen-bond donors (Lipinski definition) is 0. The van der Waals surface area contributed by atoms with Crippen LogP contribution in [0.1, 0.15) is 10.4 Å². The van der Waals surface area contributed by atoms with E-state index in [1.165, 1.54) is 0 Å². The van der Waals surface area contributed by atoms with Crippen molar-refractivity contribution >= 4 is 16.1 Å². The number of hydrogen-bond acceptors (Lipinski definition) is 3. The van der Waals surface area contributed by atoms with Crippen LogP contribution in [0.5, 0.6) is 0 Å². The lowest BCUT2D eigenvalue weighted by molar-refractivity contribution is -0.0436. The number of alkyl halides is 3. The number of rotatable bonds is 2. The van der Waals surface area contributed by atoms with E-state index in [0.29, 0.717) is 6.29 Å². The molecule has 0 aliphatic rings. The van der Waals surface area contributed by atoms with Crippen LogP contribution in [0, 0.1) is 0 Å². The Labute approximate surface area is 83.4 Å². The number of benzene rings is 1. The molecular weight excluding hydrogens is 233 g/mol. The summed E-state index contributed by atoms with van der Waals surface area (Å²) in [6.45, 7) is 0. The molecule has 15 heavy (non-hydrogen) atoms. The summed E-state index contributed by atoms with van der Waals surface area (Å²) in [6, 6.07) is 3.50. The minimum Gasteiger partial charge on any atom is -0.298 e. The maximum atomic E-state index is 12.0. The summed E-state index contributed by atoms with van der Waals surface area (Å²) in [6.07, 6.45) is 0.407. The number of sulfone groups is 1. The van der Waals surface area contributed by atoms with Gasteiger partial charge in [-0.2, -0.15) is 13.2 Å². The van der Waals surface area contributed by atoms with Crippen molar-refractivity contribution in [3.8, 4) is 0 Å². The SMILES string of the molecule is O=Cc1ccc(S(=O)(=O)C(F)(F)F)cc1. The molecule has 0 unspecified atom stereocenters. The predicted molar refractivity (Wildman–Crippen MR) is 45.1 cm³/mol. The van der Waals surface area contributed by atoms with Gasteiger partial charge in [0.15, 0.2) is 0 Å². The third kappa shape index (κ3) is 2.17. The van der Waals surface area contributed by atoms with Crippen molar-refractivity contribution < 1.29 is 26.4 Å². The second kappa shape index (κ2) is 3.65. The van der Waals surface area contributed by atoms with E-state index in [-0.39, 0.29) is 5.56 Å². The second-order valence-corrected chi connectivity index (χ2v) is 4.58. The average molecular weight is 238 g/mol. The highest BCUT2D eigenvalue weighted by molar-refractivity contribution is 7.92. The summed E-state index contributed by atoms with van der Waals surface area (Å²) in [5.74, 6) is 0. The van der Waals surface area contributed by atoms with Crippen LogP contribution in [0.2, 0.25) is 0 Å². The quantitative estimate of drug-likeness (QED) is 0.738. The van der Waals surface area contributed by atoms with Gasteiger partial charge >= 0.3 is 5.51 Å². The van der Waals surface area contributed by atoms with Gasteiger partial charge in [0, 0.05) is 5.56 Å². The van der Waals surface area contributed by atoms with Gasteiger partial charge in [0.2, 0.25) is 0 Å². The molecule has 0 aromatic heterocycles. The number of carbonyl (C=O) groups is 1. The van der Waals surface area contributed by atoms with Crippen molar-refractivity contribution in [3.63, 3.8) is 0 Å². The highest BCUT2D eigenvalue weighted by Gasteiger charge is 2.46. The van der Waals surface area contributed by atoms with E-state index in [0.717, 1.165) is 24.3 Å². The van der Waals surface area contributed by atoms with Crippen molar-refractivity contribution in [3.05, 3.63) is 29.8 Å². The molecule has 82 valence electrons. The molecule has 0 spiro atoms. The molecule has 0 aliphatic heterocycles. The fourth-order valence-corrected chi connectivity index (χ4v) is 1.62. The Morgan fingerprint density at radius 3 is 1.87 bits per heavy atom. The molecule has 0 aliphatic carbocycles. The van der Waals surface area contributed by atoms with Gasteiger partial charge in [0.25, 0.3) is 9.84 Å². The zero-order valence-corrected chi connectivity index (χ0v) is 7.97. The normalized spacial score (nSPS) is 12.5. The topological polar surface area (TPSA) is 51.2 Å². The van der Waals surface area contributed by atoms with Gasteiger partial charge in [0.1, 0.15) is 6.29 Å². The van der Waals surface area contributed by atoms with Crippen molar-refractivity contribution in [1.82, 2.24) is 0 Å². The summed E-state index contributed by atoms with van der Waals surface area (Å²) >= 11 is 0. The van der Waals surface area contributed by atoms with Crippen molar-refractivity contribution in [2.24, 2.45) is 0 Å². The Balaban J connectivity index is 3.24. The lowest BCUT2D eigenvalue weighted by Crippen LogP contribution is -2.23. The third-order valence-corrected chi connectivity index (χ3v) is 3.13. The minimum absolute atomic E-state index is 0.108. The van der Waals surface area contributed by atoms with Gasteiger partial charge in [-0.1, -0.05) is 12.1 Å². The van der Waals surface area contributed by atoms with Crippen molar-refractivity contribution in [2.75, 3.05) is 0 Å². The van der Waals surface area contributed by atoms with Gasteiger partial charge in [-0.3, -0.25) is 4.79 Å². The molecule has 0 heterocycles. The van der Waals surface area contributed by atoms with Crippen molar-refractivity contribution in [2.45, 2.75) is 10.4 Å². The number of halogens is 3. The second-order valence-electron chi connectivity index (χ2n) is 2.64. The number of carbonyl (C=O) groups excluding carboxylic acids is 1. The molecule has 0 atom stereocenters. The molecule has 0 radical (unpaired) electrons. The Kier molecular flexibility index (Phi) is 2.85. The van der Waals surface area contributed by atoms with Gasteiger partial charge in [-0.05, 0) is 12.1 Å². The first-order chi connectivity index (χ1) is 6.79. The van der Waals surface area contributed by atoms with Gasteiger partial charge < -0.3 is 0 Å². The molecular formula is C8H5F3O3S. The van der Waals surface area contributed by atoms with E-state index in [2.05, 4.69) is 0 Å². The first kappa shape index (κ1) is 11.7. The summed E-state index contributed by atoms with van der Waals surface area (Å²) in [4.78, 5) is 9.32. The van der Waals surface area contributed by atoms with E-state index in [1.54, 1.807) is 0 Å². The average Bonchev–Trinajstić information content (AvgIpc) is 2.16. The molecule has 0 saturated carbocycles. The van der Waals surface area contributed by atoms with Crippen LogP contribution < -0.4 is 0 Å². The van der Waals surface area contributed by atoms with E-state index < -0.39 is 20.2 Å². The van der Waals surface area contributed by atoms with E-state index >= 15 is 0 Å². The Morgan fingerprint density at radius 1 is 1.07 bits per heavy atom. The maximum absolute atomic E-state index is 12.0. The third-order valence-electron chi connectivity index (χ3n) is 1.63. The molecule has 1 aromatic rings. The van der Waals surface area contributed by atoms with Crippen molar-refractivity contribution in [1.29, 1.82) is 0 Å². The van der Waals surface area contributed by atoms with E-state index in [1.807, 2.05) is 0 Å². The lowest BCUT2D eigenvalue weighted by atomic mass is 10.2. The Hall–Kier alpha value is -1.37. The largest absolute Gasteiger partial charge is 0.501 e. The maximum Gasteiger partial charge on any atom is 0.501 e. The smallest absolute Gasteiger partial charge is 0.298 e. The summed E-state index contributed by atoms with van der Waals surface area (Å²) in [7, 11) is -5.32. The summed E-state index contributed by atoms with van der Waals surface area (Å²) in [5, 5.41) is 0. The van der Waals surface area contributed by atoms with Gasteiger partial charge in [-0.15, -0.1) is 0 Å². The predicted octanol–water partition coefficient (Wildman–Crippen LogP) is 1.79. The number of aldehydes is 1. The molecule has 3 nitrogen and oxygen atoms in total. The van der Waals surface area contributed by atoms with Crippen LogP contribution in [0.15, 0.2) is 29.2 Å². The van der Waals surface area contributed by atoms with Crippen LogP contribution in [-0.4, -0.2) is 20.2 Å². The highest BCUT2D eigenvalue weighted by atomic mass is 32.2. The van der Waals surface area contributed by atoms with Crippen LogP contribution in [-0.2, 0) is 9.84 Å². The molecule has 0 saturated heterocycles. The molecule has 0 fully saturated rings. The Bertz CT molecular complexity index is 459. The summed E-state index contributed by atoms with van der Waals surface area (Å²) in [5.41, 5.74) is -5.22. The van der Waals surface area contributed by atoms with Crippen LogP contribution in [0.3, 0.4) is 0 Å². The zero-order chi connectivity index (χ0) is 11.7. The summed E-state index contributed by atoms with van der Waals surface area (Å²) < 4.78 is 57.8. The van der Waals surface area contributed by atoms with Crippen LogP contribution in [0.4, 0.5) is 13.2 Å². The molecule has 7 heteroatoms. The first-order valence-corrected chi connectivity index (χ1v) is 5.14. The fraction of sp³-hybridized carbons (Fsp3) is 0.125. The molecule has 0 N–H and O–H groups in total. The van der Waals surface area contributed by atoms with Gasteiger partial charge in [0.05, 0.1) is 4.90 Å². The first-order valence-electron chi connectivity index (χ1n) is 3.65. The molecule has 1 rings (SSSR count). The fourth-order valence-electron chi connectivity index (χ4n) is 0.859. The van der Waals surface area contributed by atoms with Crippen LogP contribution in [0.25, 0.3) is 0 Å². The van der Waals surface area contributed by atoms with E-state index in [9.17, 15) is 26.4 Å². The molecule has 0 amide bonds. The monoisotopic (exact) mass is 238 g/mol. The molecule has 1 aromatic carbocycles. The van der Waals surface area contributed by atoms with Gasteiger partial charge in [-0.25, -0.2) is 8.42 Å². The van der Waals surface area contributed by atoms with E-state index in [4.69, 9.17) is 0 Å². The highest BCUT2D eigenvalue weighted by Crippen LogP contribution is 2.29. The standard InChI is InChI=1S/C8H5F3O3S/c9-8(10,11)15(13,14)7-3-1-6(5-12)2-4-7/h1-5H. The molecule has 0 bridgehead atoms. The zero-order valence-electron chi connectivity index (χ0n) is 7.15.